The first-order chi connectivity index (χ1) is 25.1. The molecule has 0 spiro atoms. The van der Waals surface area contributed by atoms with Gasteiger partial charge in [0.25, 0.3) is 0 Å². The summed E-state index contributed by atoms with van der Waals surface area (Å²) in [4.78, 5) is 70.0. The highest BCUT2D eigenvalue weighted by Gasteiger charge is 2.56. The lowest BCUT2D eigenvalue weighted by Gasteiger charge is -2.30. The van der Waals surface area contributed by atoms with E-state index in [2.05, 4.69) is 30.7 Å². The van der Waals surface area contributed by atoms with E-state index in [1.54, 1.807) is 45.1 Å². The fourth-order valence-corrected chi connectivity index (χ4v) is 6.51. The van der Waals surface area contributed by atoms with Gasteiger partial charge in [-0.2, -0.15) is 0 Å². The number of carbonyl (C=O) groups is 5. The SMILES string of the molecule is C=CC1CC1(NC(=O)C1CC(OC(=O)N2Cc3cccc(F)c3C2)CN1C(=O)[C@H](CCC(=O)/C=C/C(C)(C)C)NC(=O)OC(C)(C)C)C(=C)C.CC1CC1.[HH].[HH].[HH]. The van der Waals surface area contributed by atoms with E-state index in [9.17, 15) is 28.4 Å². The van der Waals surface area contributed by atoms with Gasteiger partial charge in [-0.15, -0.1) is 6.58 Å². The maximum Gasteiger partial charge on any atom is 0.410 e. The summed E-state index contributed by atoms with van der Waals surface area (Å²) >= 11 is 0. The monoisotopic (exact) mass is 756 g/mol. The van der Waals surface area contributed by atoms with Crippen molar-refractivity contribution in [3.63, 3.8) is 0 Å². The molecular weight excluding hydrogens is 691 g/mol. The first-order valence-electron chi connectivity index (χ1n) is 19.0. The van der Waals surface area contributed by atoms with E-state index < -0.39 is 59.1 Å². The Kier molecular flexibility index (Phi) is 13.2. The van der Waals surface area contributed by atoms with Crippen LogP contribution in [0, 0.1) is 23.1 Å². The number of hydrogen-bond donors (Lipinski definition) is 2. The molecule has 0 aromatic heterocycles. The summed E-state index contributed by atoms with van der Waals surface area (Å²) in [6.07, 6.45) is 5.97. The van der Waals surface area contributed by atoms with Crippen molar-refractivity contribution in [3.8, 4) is 0 Å². The smallest absolute Gasteiger partial charge is 0.410 e. The lowest BCUT2D eigenvalue weighted by molar-refractivity contribution is -0.140. The van der Waals surface area contributed by atoms with Crippen LogP contribution in [0.2, 0.25) is 0 Å². The predicted octanol–water partition coefficient (Wildman–Crippen LogP) is 7.88. The molecular formula is C42H65FN4O7. The summed E-state index contributed by atoms with van der Waals surface area (Å²) in [5.74, 6) is -0.693. The van der Waals surface area contributed by atoms with Crippen LogP contribution in [-0.2, 0) is 36.9 Å². The Morgan fingerprint density at radius 1 is 1.11 bits per heavy atom. The van der Waals surface area contributed by atoms with E-state index in [1.165, 1.54) is 34.8 Å². The average molecular weight is 757 g/mol. The van der Waals surface area contributed by atoms with E-state index in [1.807, 2.05) is 27.7 Å². The molecule has 12 heteroatoms. The summed E-state index contributed by atoms with van der Waals surface area (Å²) in [5.41, 5.74) is 0.0201. The number of ketones is 1. The minimum Gasteiger partial charge on any atom is -0.444 e. The summed E-state index contributed by atoms with van der Waals surface area (Å²) in [5, 5.41) is 5.67. The summed E-state index contributed by atoms with van der Waals surface area (Å²) in [6, 6.07) is 2.36. The topological polar surface area (TPSA) is 134 Å². The Morgan fingerprint density at radius 3 is 2.31 bits per heavy atom. The molecule has 0 radical (unpaired) electrons. The fourth-order valence-electron chi connectivity index (χ4n) is 6.51. The normalized spacial score (nSPS) is 23.8. The minimum absolute atomic E-state index is 0. The molecule has 4 unspecified atom stereocenters. The van der Waals surface area contributed by atoms with Crippen LogP contribution in [0.4, 0.5) is 14.0 Å². The predicted molar refractivity (Wildman–Crippen MR) is 211 cm³/mol. The number of amides is 4. The van der Waals surface area contributed by atoms with E-state index >= 15 is 0 Å². The van der Waals surface area contributed by atoms with Crippen molar-refractivity contribution < 1.29 is 42.1 Å². The van der Waals surface area contributed by atoms with Gasteiger partial charge >= 0.3 is 12.2 Å². The molecule has 2 heterocycles. The summed E-state index contributed by atoms with van der Waals surface area (Å²) in [7, 11) is 0. The molecule has 3 fully saturated rings. The van der Waals surface area contributed by atoms with E-state index in [-0.39, 0.29) is 60.3 Å². The number of halogens is 1. The molecule has 5 rings (SSSR count). The number of allylic oxidation sites excluding steroid dienone is 2. The minimum atomic E-state index is -1.23. The van der Waals surface area contributed by atoms with Gasteiger partial charge < -0.3 is 25.0 Å². The van der Waals surface area contributed by atoms with E-state index in [0.29, 0.717) is 17.5 Å². The highest BCUT2D eigenvalue weighted by atomic mass is 19.1. The Morgan fingerprint density at radius 2 is 1.78 bits per heavy atom. The number of benzene rings is 1. The maximum absolute atomic E-state index is 14.4. The lowest BCUT2D eigenvalue weighted by Crippen LogP contribution is -2.55. The average Bonchev–Trinajstić information content (AvgIpc) is 3.90. The summed E-state index contributed by atoms with van der Waals surface area (Å²) < 4.78 is 25.6. The van der Waals surface area contributed by atoms with Crippen LogP contribution in [0.5, 0.6) is 0 Å². The van der Waals surface area contributed by atoms with Gasteiger partial charge in [0.2, 0.25) is 11.8 Å². The lowest BCUT2D eigenvalue weighted by atomic mass is 9.95. The number of ether oxygens (including phenoxy) is 2. The Hall–Kier alpha value is -4.48. The molecule has 2 aliphatic carbocycles. The molecule has 4 aliphatic rings. The number of likely N-dealkylation sites (tertiary alicyclic amines) is 1. The molecule has 54 heavy (non-hydrogen) atoms. The van der Waals surface area contributed by atoms with Gasteiger partial charge in [-0.3, -0.25) is 19.3 Å². The van der Waals surface area contributed by atoms with Crippen molar-refractivity contribution in [2.24, 2.45) is 17.3 Å². The van der Waals surface area contributed by atoms with Crippen molar-refractivity contribution in [3.05, 3.63) is 72.1 Å². The Bertz CT molecular complexity index is 1670. The zero-order valence-electron chi connectivity index (χ0n) is 33.3. The molecule has 2 saturated carbocycles. The molecule has 1 saturated heterocycles. The second kappa shape index (κ2) is 16.9. The van der Waals surface area contributed by atoms with Crippen LogP contribution in [0.15, 0.2) is 55.2 Å². The second-order valence-electron chi connectivity index (χ2n) is 17.4. The molecule has 5 atom stereocenters. The Balaban J connectivity index is 0.00000218. The van der Waals surface area contributed by atoms with Gasteiger partial charge in [0.1, 0.15) is 29.6 Å². The van der Waals surface area contributed by atoms with Crippen LogP contribution in [-0.4, -0.2) is 75.5 Å². The van der Waals surface area contributed by atoms with E-state index in [0.717, 1.165) is 11.5 Å². The second-order valence-corrected chi connectivity index (χ2v) is 17.4. The Labute approximate surface area is 324 Å². The van der Waals surface area contributed by atoms with Gasteiger partial charge in [-0.05, 0) is 69.6 Å². The third kappa shape index (κ3) is 11.5. The maximum atomic E-state index is 14.4. The highest BCUT2D eigenvalue weighted by Crippen LogP contribution is 2.49. The number of nitrogens with zero attached hydrogens (tertiary/aromatic N) is 2. The molecule has 11 nitrogen and oxygen atoms in total. The van der Waals surface area contributed by atoms with E-state index in [4.69, 9.17) is 9.47 Å². The number of alkyl carbamates (subject to hydrolysis) is 1. The van der Waals surface area contributed by atoms with Crippen molar-refractivity contribution in [1.29, 1.82) is 0 Å². The molecule has 4 amide bonds. The van der Waals surface area contributed by atoms with Gasteiger partial charge in [-0.1, -0.05) is 77.0 Å². The fraction of sp³-hybridized carbons (Fsp3) is 0.595. The zero-order chi connectivity index (χ0) is 40.2. The molecule has 2 aliphatic heterocycles. The van der Waals surface area contributed by atoms with Crippen molar-refractivity contribution in [2.75, 3.05) is 6.54 Å². The first kappa shape index (κ1) is 42.3. The number of fused-ring (bicyclic) bond motifs is 1. The quantitative estimate of drug-likeness (QED) is 0.173. The van der Waals surface area contributed by atoms with Gasteiger partial charge in [-0.25, -0.2) is 14.0 Å². The molecule has 2 N–H and O–H groups in total. The third-order valence-electron chi connectivity index (χ3n) is 10.0. The number of carbonyl (C=O) groups excluding carboxylic acids is 5. The number of nitrogens with one attached hydrogen (secondary N) is 2. The van der Waals surface area contributed by atoms with Gasteiger partial charge in [0.05, 0.1) is 18.6 Å². The van der Waals surface area contributed by atoms with Crippen molar-refractivity contribution >= 4 is 29.8 Å². The zero-order valence-corrected chi connectivity index (χ0v) is 33.3. The molecule has 0 bridgehead atoms. The van der Waals surface area contributed by atoms with Crippen LogP contribution >= 0.6 is 0 Å². The van der Waals surface area contributed by atoms with Crippen LogP contribution in [0.25, 0.3) is 0 Å². The van der Waals surface area contributed by atoms with Crippen LogP contribution in [0.1, 0.15) is 109 Å². The first-order valence-corrected chi connectivity index (χ1v) is 19.0. The largest absolute Gasteiger partial charge is 0.444 e. The molecule has 1 aromatic rings. The van der Waals surface area contributed by atoms with Crippen molar-refractivity contribution in [2.45, 2.75) is 136 Å². The number of rotatable bonds is 11. The van der Waals surface area contributed by atoms with Crippen LogP contribution < -0.4 is 10.6 Å². The molecule has 1 aromatic carbocycles. The van der Waals surface area contributed by atoms with Gasteiger partial charge in [0.15, 0.2) is 5.78 Å². The third-order valence-corrected chi connectivity index (χ3v) is 10.0. The van der Waals surface area contributed by atoms with Crippen molar-refractivity contribution in [1.82, 2.24) is 20.4 Å². The highest BCUT2D eigenvalue weighted by molar-refractivity contribution is 5.94. The summed E-state index contributed by atoms with van der Waals surface area (Å²) in [6.45, 7) is 23.0. The van der Waals surface area contributed by atoms with Crippen LogP contribution in [0.3, 0.4) is 0 Å². The number of hydrogen-bond acceptors (Lipinski definition) is 7. The van der Waals surface area contributed by atoms with Gasteiger partial charge in [0, 0.05) is 35.1 Å². The molecule has 302 valence electrons. The standard InChI is InChI=1S/C38H51FN4O7.C4H8.3H2/c1-10-25-19-38(25,23(2)3)41-32(45)31-18-27(49-35(48)42-20-24-12-11-13-29(39)28(24)22-42)21-43(31)33(46)30(40-34(47)50-37(7,8)9)15-14-26(44)16-17-36(4,5)6;1-4-2-3-4;;;/h10-13,16-17,25,27,30-31H,1-2,14-15,18-22H2,3-9H3,(H,40,47)(H,41,45);4H,2-3H2,1H3;3*1H/b17-16+;;;;/t25?,27?,30-,31?,38?;;;;/m0..../s1.